The van der Waals surface area contributed by atoms with Crippen molar-refractivity contribution in [1.82, 2.24) is 10.3 Å². The van der Waals surface area contributed by atoms with Gasteiger partial charge in [0.1, 0.15) is 0 Å². The van der Waals surface area contributed by atoms with Crippen LogP contribution in [0.3, 0.4) is 0 Å². The average molecular weight is 169 g/mol. The number of aromatic nitrogens is 1. The number of rotatable bonds is 2. The molecule has 0 atom stereocenters. The molecule has 3 N–H and O–H groups in total. The molecule has 70 valence electrons. The van der Waals surface area contributed by atoms with E-state index in [0.717, 1.165) is 12.2 Å². The van der Waals surface area contributed by atoms with Crippen LogP contribution in [0.4, 0.5) is 0 Å². The molecule has 0 aliphatic carbocycles. The molecule has 0 saturated heterocycles. The molecular formula is C9H19N3. The summed E-state index contributed by atoms with van der Waals surface area (Å²) in [7, 11) is 3.42. The number of hydrogen-bond donors (Lipinski definition) is 2. The molecule has 1 aromatic rings. The molecule has 0 saturated carbocycles. The van der Waals surface area contributed by atoms with E-state index in [0.29, 0.717) is 0 Å². The highest BCUT2D eigenvalue weighted by Crippen LogP contribution is 1.98. The molecule has 0 aliphatic heterocycles. The molecule has 0 amide bonds. The standard InChI is InChI=1S/C8H12N2.CH5N.H2/c1-7-3-4-10-8(5-7)6-9-2;1-2;/h3-5,9H,6H2,1-2H3;2H2,1H3;1H. The van der Waals surface area contributed by atoms with Crippen LogP contribution >= 0.6 is 0 Å². The Labute approximate surface area is 75.5 Å². The molecule has 0 aliphatic rings. The Hall–Kier alpha value is -0.930. The van der Waals surface area contributed by atoms with Gasteiger partial charge in [-0.15, -0.1) is 0 Å². The minimum Gasteiger partial charge on any atom is -0.333 e. The van der Waals surface area contributed by atoms with Crippen LogP contribution in [0.25, 0.3) is 0 Å². The Morgan fingerprint density at radius 1 is 1.58 bits per heavy atom. The Morgan fingerprint density at radius 2 is 2.25 bits per heavy atom. The topological polar surface area (TPSA) is 50.9 Å². The van der Waals surface area contributed by atoms with Crippen molar-refractivity contribution >= 4 is 0 Å². The molecule has 1 aromatic heterocycles. The van der Waals surface area contributed by atoms with Gasteiger partial charge < -0.3 is 11.1 Å². The maximum Gasteiger partial charge on any atom is 0.0544 e. The van der Waals surface area contributed by atoms with Crippen LogP contribution in [0.2, 0.25) is 0 Å². The molecule has 0 radical (unpaired) electrons. The lowest BCUT2D eigenvalue weighted by Gasteiger charge is -1.98. The number of nitrogens with one attached hydrogen (secondary N) is 1. The molecule has 0 fully saturated rings. The lowest BCUT2D eigenvalue weighted by atomic mass is 10.2. The van der Waals surface area contributed by atoms with E-state index in [4.69, 9.17) is 0 Å². The van der Waals surface area contributed by atoms with E-state index in [1.54, 1.807) is 0 Å². The fourth-order valence-electron chi connectivity index (χ4n) is 0.877. The van der Waals surface area contributed by atoms with Crippen LogP contribution in [-0.2, 0) is 6.54 Å². The molecule has 12 heavy (non-hydrogen) atoms. The van der Waals surface area contributed by atoms with Gasteiger partial charge in [-0.3, -0.25) is 4.98 Å². The first-order chi connectivity index (χ1) is 5.83. The Kier molecular flexibility index (Phi) is 6.24. The number of nitrogens with zero attached hydrogens (tertiary/aromatic N) is 1. The van der Waals surface area contributed by atoms with Crippen LogP contribution in [0.15, 0.2) is 18.3 Å². The summed E-state index contributed by atoms with van der Waals surface area (Å²) in [6.45, 7) is 2.92. The molecule has 3 heteroatoms. The van der Waals surface area contributed by atoms with Crippen LogP contribution in [0, 0.1) is 6.92 Å². The van der Waals surface area contributed by atoms with Gasteiger partial charge in [-0.2, -0.15) is 0 Å². The first-order valence-electron chi connectivity index (χ1n) is 3.97. The third-order valence-electron chi connectivity index (χ3n) is 1.33. The molecule has 0 bridgehead atoms. The van der Waals surface area contributed by atoms with E-state index in [9.17, 15) is 0 Å². The van der Waals surface area contributed by atoms with Crippen molar-refractivity contribution in [1.29, 1.82) is 0 Å². The van der Waals surface area contributed by atoms with Gasteiger partial charge in [0.05, 0.1) is 5.69 Å². The van der Waals surface area contributed by atoms with E-state index in [-0.39, 0.29) is 1.43 Å². The second kappa shape index (κ2) is 6.76. The third-order valence-corrected chi connectivity index (χ3v) is 1.33. The summed E-state index contributed by atoms with van der Waals surface area (Å²) in [5.41, 5.74) is 6.86. The third kappa shape index (κ3) is 4.05. The lowest BCUT2D eigenvalue weighted by Crippen LogP contribution is -2.06. The summed E-state index contributed by atoms with van der Waals surface area (Å²) in [6.07, 6.45) is 1.84. The summed E-state index contributed by atoms with van der Waals surface area (Å²) < 4.78 is 0. The van der Waals surface area contributed by atoms with Crippen LogP contribution in [0.5, 0.6) is 0 Å². The average Bonchev–Trinajstić information content (AvgIpc) is 2.09. The summed E-state index contributed by atoms with van der Waals surface area (Å²) in [4.78, 5) is 4.17. The van der Waals surface area contributed by atoms with Crippen molar-refractivity contribution in [3.63, 3.8) is 0 Å². The van der Waals surface area contributed by atoms with Crippen molar-refractivity contribution in [3.05, 3.63) is 29.6 Å². The van der Waals surface area contributed by atoms with Crippen molar-refractivity contribution in [2.75, 3.05) is 14.1 Å². The van der Waals surface area contributed by atoms with Gasteiger partial charge >= 0.3 is 0 Å². The maximum absolute atomic E-state index is 4.50. The minimum atomic E-state index is 0. The monoisotopic (exact) mass is 169 g/mol. The smallest absolute Gasteiger partial charge is 0.0544 e. The molecule has 0 spiro atoms. The number of aryl methyl sites for hydroxylation is 1. The van der Waals surface area contributed by atoms with Gasteiger partial charge in [-0.1, -0.05) is 0 Å². The van der Waals surface area contributed by atoms with E-state index in [1.807, 2.05) is 19.3 Å². The highest BCUT2D eigenvalue weighted by atomic mass is 14.8. The quantitative estimate of drug-likeness (QED) is 0.692. The number of nitrogens with two attached hydrogens (primary N) is 1. The van der Waals surface area contributed by atoms with Gasteiger partial charge in [0.25, 0.3) is 0 Å². The second-order valence-corrected chi connectivity index (χ2v) is 2.35. The van der Waals surface area contributed by atoms with Crippen LogP contribution < -0.4 is 11.1 Å². The van der Waals surface area contributed by atoms with Crippen molar-refractivity contribution < 1.29 is 1.43 Å². The van der Waals surface area contributed by atoms with Crippen molar-refractivity contribution in [3.8, 4) is 0 Å². The van der Waals surface area contributed by atoms with Gasteiger partial charge in [-0.05, 0) is 38.7 Å². The summed E-state index contributed by atoms with van der Waals surface area (Å²) >= 11 is 0. The molecule has 1 rings (SSSR count). The van der Waals surface area contributed by atoms with Gasteiger partial charge in [-0.25, -0.2) is 0 Å². The van der Waals surface area contributed by atoms with Crippen LogP contribution in [-0.4, -0.2) is 19.1 Å². The zero-order valence-corrected chi connectivity index (χ0v) is 7.96. The molecule has 0 unspecified atom stereocenters. The second-order valence-electron chi connectivity index (χ2n) is 2.35. The molecule has 3 nitrogen and oxygen atoms in total. The fourth-order valence-corrected chi connectivity index (χ4v) is 0.877. The number of pyridine rings is 1. The summed E-state index contributed by atoms with van der Waals surface area (Å²) in [5.74, 6) is 0. The normalized spacial score (nSPS) is 8.67. The fraction of sp³-hybridized carbons (Fsp3) is 0.444. The molecular weight excluding hydrogens is 150 g/mol. The van der Waals surface area contributed by atoms with E-state index in [1.165, 1.54) is 12.6 Å². The van der Waals surface area contributed by atoms with Crippen molar-refractivity contribution in [2.45, 2.75) is 13.5 Å². The first-order valence-corrected chi connectivity index (χ1v) is 3.97. The molecule has 0 aromatic carbocycles. The first kappa shape index (κ1) is 11.1. The Balaban J connectivity index is 0. The van der Waals surface area contributed by atoms with E-state index in [2.05, 4.69) is 29.0 Å². The zero-order valence-electron chi connectivity index (χ0n) is 7.96. The largest absolute Gasteiger partial charge is 0.333 e. The summed E-state index contributed by atoms with van der Waals surface area (Å²) in [6, 6.07) is 4.08. The highest BCUT2D eigenvalue weighted by molar-refractivity contribution is 5.13. The van der Waals surface area contributed by atoms with Gasteiger partial charge in [0.15, 0.2) is 0 Å². The minimum absolute atomic E-state index is 0. The highest BCUT2D eigenvalue weighted by Gasteiger charge is 1.89. The Bertz CT molecular complexity index is 216. The van der Waals surface area contributed by atoms with Crippen LogP contribution in [0.1, 0.15) is 12.7 Å². The predicted molar refractivity (Wildman–Crippen MR) is 54.0 cm³/mol. The van der Waals surface area contributed by atoms with Crippen molar-refractivity contribution in [2.24, 2.45) is 5.73 Å². The summed E-state index contributed by atoms with van der Waals surface area (Å²) in [5, 5.41) is 3.05. The lowest BCUT2D eigenvalue weighted by molar-refractivity contribution is 0.790. The zero-order chi connectivity index (χ0) is 9.40. The van der Waals surface area contributed by atoms with Gasteiger partial charge in [0.2, 0.25) is 0 Å². The number of hydrogen-bond acceptors (Lipinski definition) is 3. The Morgan fingerprint density at radius 3 is 2.75 bits per heavy atom. The maximum atomic E-state index is 4.50. The SMILES string of the molecule is CN.CNCc1cc(C)ccn1.[HH]. The predicted octanol–water partition coefficient (Wildman–Crippen LogP) is 0.930. The van der Waals surface area contributed by atoms with E-state index < -0.39 is 0 Å². The van der Waals surface area contributed by atoms with Gasteiger partial charge in [0, 0.05) is 14.2 Å². The molecule has 1 heterocycles. The van der Waals surface area contributed by atoms with E-state index >= 15 is 0 Å².